The van der Waals surface area contributed by atoms with E-state index >= 15 is 0 Å². The minimum Gasteiger partial charge on any atom is -0.497 e. The van der Waals surface area contributed by atoms with E-state index in [0.29, 0.717) is 17.7 Å². The van der Waals surface area contributed by atoms with Crippen LogP contribution in [0.15, 0.2) is 97.1 Å². The number of hydrogen-bond acceptors (Lipinski definition) is 9. The first-order valence-electron chi connectivity index (χ1n) is 17.7. The molecule has 0 fully saturated rings. The third kappa shape index (κ3) is 9.19. The van der Waals surface area contributed by atoms with Gasteiger partial charge < -0.3 is 28.0 Å². The van der Waals surface area contributed by atoms with E-state index in [2.05, 4.69) is 50.6 Å². The molecule has 0 aliphatic heterocycles. The van der Waals surface area contributed by atoms with Gasteiger partial charge in [0.05, 0.1) is 39.9 Å². The maximum Gasteiger partial charge on any atom is 0.259 e. The molecular weight excluding hydrogens is 675 g/mol. The summed E-state index contributed by atoms with van der Waals surface area (Å²) in [7, 11) is 1.66. The average molecular weight is 725 g/mol. The van der Waals surface area contributed by atoms with Crippen molar-refractivity contribution >= 4 is 14.3 Å². The summed E-state index contributed by atoms with van der Waals surface area (Å²) < 4.78 is 40.1. The Morgan fingerprint density at radius 2 is 1.35 bits per heavy atom. The van der Waals surface area contributed by atoms with Crippen molar-refractivity contribution in [1.82, 2.24) is 4.67 Å². The fourth-order valence-corrected chi connectivity index (χ4v) is 8.20. The Bertz CT molecular complexity index is 1720. The Morgan fingerprint density at radius 3 is 1.90 bits per heavy atom. The summed E-state index contributed by atoms with van der Waals surface area (Å²) in [6.07, 6.45) is 0.869. The molecule has 0 bridgehead atoms. The molecular formula is C42H49N2O7P. The summed E-state index contributed by atoms with van der Waals surface area (Å²) in [6, 6.07) is 33.9. The van der Waals surface area contributed by atoms with Crippen LogP contribution in [0, 0.1) is 11.3 Å². The molecule has 0 saturated heterocycles. The fraction of sp³-hybridized carbons (Fsp3) is 0.381. The molecule has 0 radical (unpaired) electrons. The van der Waals surface area contributed by atoms with E-state index in [-0.39, 0.29) is 44.1 Å². The van der Waals surface area contributed by atoms with Gasteiger partial charge in [-0.25, -0.2) is 4.67 Å². The van der Waals surface area contributed by atoms with Gasteiger partial charge in [-0.15, -0.1) is 0 Å². The van der Waals surface area contributed by atoms with Crippen molar-refractivity contribution in [2.24, 2.45) is 0 Å². The van der Waals surface area contributed by atoms with Crippen molar-refractivity contribution in [2.75, 3.05) is 34.0 Å². The molecule has 9 nitrogen and oxygen atoms in total. The van der Waals surface area contributed by atoms with E-state index in [4.69, 9.17) is 28.0 Å². The molecule has 52 heavy (non-hydrogen) atoms. The van der Waals surface area contributed by atoms with Crippen LogP contribution < -0.4 is 14.2 Å². The van der Waals surface area contributed by atoms with Gasteiger partial charge in [0.2, 0.25) is 0 Å². The Balaban J connectivity index is 1.57. The van der Waals surface area contributed by atoms with Crippen LogP contribution in [0.2, 0.25) is 0 Å². The van der Waals surface area contributed by atoms with Crippen molar-refractivity contribution in [3.8, 4) is 23.3 Å². The van der Waals surface area contributed by atoms with Gasteiger partial charge in [-0.1, -0.05) is 60.7 Å². The minimum absolute atomic E-state index is 0.0976. The van der Waals surface area contributed by atoms with Gasteiger partial charge in [0.15, 0.2) is 5.78 Å². The van der Waals surface area contributed by atoms with E-state index in [9.17, 15) is 10.1 Å². The molecule has 5 rings (SSSR count). The lowest BCUT2D eigenvalue weighted by molar-refractivity contribution is -0.0450. The number of nitriles is 1. The lowest BCUT2D eigenvalue weighted by Crippen LogP contribution is -2.39. The molecule has 0 aromatic heterocycles. The maximum absolute atomic E-state index is 12.6. The Hall–Kier alpha value is -4.29. The summed E-state index contributed by atoms with van der Waals surface area (Å²) in [5.74, 6) is 2.17. The predicted molar refractivity (Wildman–Crippen MR) is 203 cm³/mol. The minimum atomic E-state index is -1.63. The largest absolute Gasteiger partial charge is 0.497 e. The predicted octanol–water partition coefficient (Wildman–Crippen LogP) is 8.88. The van der Waals surface area contributed by atoms with Crippen molar-refractivity contribution in [3.63, 3.8) is 0 Å². The number of nitrogens with zero attached hydrogens (tertiary/aromatic N) is 2. The van der Waals surface area contributed by atoms with Crippen LogP contribution >= 0.6 is 8.53 Å². The molecule has 274 valence electrons. The monoisotopic (exact) mass is 724 g/mol. The fourth-order valence-electron chi connectivity index (χ4n) is 6.52. The molecule has 0 saturated carbocycles. The zero-order valence-electron chi connectivity index (χ0n) is 30.9. The molecule has 4 aromatic rings. The van der Waals surface area contributed by atoms with Gasteiger partial charge in [0.1, 0.15) is 35.6 Å². The first kappa shape index (κ1) is 38.9. The standard InChI is InChI=1S/C42H49N2O7P/c1-30(2)44(31(3)4)52(50-26-10-25-43)51-39(28-48-38-19-13-32-14-24-41(45)40(32)27-38)29-49-42(33-11-8-7-9-12-33,34-15-20-36(46-5)21-16-34)35-17-22-37(47-6)23-18-35/h7-9,11-13,15-23,27,30-31,39H,10,14,24,26,28-29H2,1-6H3. The van der Waals surface area contributed by atoms with Gasteiger partial charge in [-0.3, -0.25) is 4.79 Å². The van der Waals surface area contributed by atoms with Crippen LogP contribution in [-0.4, -0.2) is 62.7 Å². The summed E-state index contributed by atoms with van der Waals surface area (Å²) in [5, 5.41) is 9.32. The Labute approximate surface area is 309 Å². The number of fused-ring (bicyclic) bond motifs is 1. The number of aryl methyl sites for hydroxylation is 1. The van der Waals surface area contributed by atoms with Gasteiger partial charge in [0, 0.05) is 24.1 Å². The number of hydrogen-bond donors (Lipinski definition) is 0. The molecule has 0 amide bonds. The molecule has 0 heterocycles. The van der Waals surface area contributed by atoms with E-state index in [0.717, 1.165) is 40.2 Å². The number of Topliss-reactive ketones (excluding diaryl/α,β-unsaturated/α-hetero) is 1. The van der Waals surface area contributed by atoms with Gasteiger partial charge in [-0.05, 0) is 92.8 Å². The first-order valence-corrected chi connectivity index (χ1v) is 18.9. The highest BCUT2D eigenvalue weighted by Crippen LogP contribution is 2.48. The van der Waals surface area contributed by atoms with Crippen LogP contribution in [0.25, 0.3) is 0 Å². The third-order valence-electron chi connectivity index (χ3n) is 9.00. The summed E-state index contributed by atoms with van der Waals surface area (Å²) in [6.45, 7) is 8.85. The van der Waals surface area contributed by atoms with Gasteiger partial charge in [0.25, 0.3) is 8.53 Å². The Morgan fingerprint density at radius 1 is 0.769 bits per heavy atom. The number of rotatable bonds is 19. The number of carbonyl (C=O) groups excluding carboxylic acids is 1. The summed E-state index contributed by atoms with van der Waals surface area (Å²) >= 11 is 0. The highest BCUT2D eigenvalue weighted by atomic mass is 31.2. The third-order valence-corrected chi connectivity index (χ3v) is 11.2. The molecule has 10 heteroatoms. The Kier molecular flexibility index (Phi) is 13.8. The topological polar surface area (TPSA) is 99.5 Å². The number of ether oxygens (including phenoxy) is 4. The maximum atomic E-state index is 12.6. The lowest BCUT2D eigenvalue weighted by atomic mass is 9.80. The van der Waals surface area contributed by atoms with Crippen LogP contribution in [0.3, 0.4) is 0 Å². The van der Waals surface area contributed by atoms with Crippen molar-refractivity contribution < 1.29 is 32.8 Å². The zero-order valence-corrected chi connectivity index (χ0v) is 31.8. The molecule has 2 unspecified atom stereocenters. The zero-order chi connectivity index (χ0) is 37.1. The highest BCUT2D eigenvalue weighted by molar-refractivity contribution is 7.44. The average Bonchev–Trinajstić information content (AvgIpc) is 3.53. The van der Waals surface area contributed by atoms with Gasteiger partial charge in [-0.2, -0.15) is 5.26 Å². The van der Waals surface area contributed by atoms with Crippen LogP contribution in [-0.2, 0) is 25.8 Å². The number of methoxy groups -OCH3 is 2. The highest BCUT2D eigenvalue weighted by Gasteiger charge is 2.40. The molecule has 0 spiro atoms. The second-order valence-electron chi connectivity index (χ2n) is 13.1. The molecule has 1 aliphatic carbocycles. The summed E-state index contributed by atoms with van der Waals surface area (Å²) in [5.41, 5.74) is 3.36. The molecule has 0 N–H and O–H groups in total. The van der Waals surface area contributed by atoms with E-state index in [1.54, 1.807) is 14.2 Å². The second-order valence-corrected chi connectivity index (χ2v) is 14.5. The smallest absolute Gasteiger partial charge is 0.259 e. The van der Waals surface area contributed by atoms with Crippen LogP contribution in [0.5, 0.6) is 17.2 Å². The van der Waals surface area contributed by atoms with E-state index in [1.165, 1.54) is 0 Å². The molecule has 2 atom stereocenters. The van der Waals surface area contributed by atoms with Crippen LogP contribution in [0.1, 0.15) is 73.1 Å². The quantitative estimate of drug-likeness (QED) is 0.0534. The normalized spacial score (nSPS) is 14.0. The number of benzene rings is 4. The van der Waals surface area contributed by atoms with Crippen molar-refractivity contribution in [1.29, 1.82) is 5.26 Å². The number of carbonyl (C=O) groups is 1. The number of ketones is 1. The second kappa shape index (κ2) is 18.5. The first-order chi connectivity index (χ1) is 25.2. The lowest BCUT2D eigenvalue weighted by Gasteiger charge is -2.39. The van der Waals surface area contributed by atoms with Crippen molar-refractivity contribution in [2.45, 2.75) is 70.7 Å². The van der Waals surface area contributed by atoms with E-state index in [1.807, 2.05) is 84.9 Å². The SMILES string of the molecule is COc1ccc(C(OCC(COc2ccc3c(c2)C(=O)CC3)OP(OCCC#N)N(C(C)C)C(C)C)(c2ccccc2)c2ccc(OC)cc2)cc1. The molecule has 1 aliphatic rings. The van der Waals surface area contributed by atoms with E-state index < -0.39 is 20.2 Å². The van der Waals surface area contributed by atoms with Crippen LogP contribution in [0.4, 0.5) is 0 Å². The van der Waals surface area contributed by atoms with Gasteiger partial charge >= 0.3 is 0 Å². The van der Waals surface area contributed by atoms with Crippen molar-refractivity contribution in [3.05, 3.63) is 125 Å². The molecule has 4 aromatic carbocycles. The summed E-state index contributed by atoms with van der Waals surface area (Å²) in [4.78, 5) is 12.6.